The first-order valence-electron chi connectivity index (χ1n) is 6.26. The first-order valence-corrected chi connectivity index (χ1v) is 6.26. The largest absolute Gasteiger partial charge is 0.409 e. The summed E-state index contributed by atoms with van der Waals surface area (Å²) in [5.41, 5.74) is 6.57. The molecule has 4 N–H and O–H groups in total. The molecular weight excluding hydrogens is 249 g/mol. The number of benzene rings is 1. The molecule has 1 fully saturated rings. The molecule has 1 heterocycles. The third-order valence-corrected chi connectivity index (χ3v) is 3.25. The Morgan fingerprint density at radius 1 is 1.47 bits per heavy atom. The molecule has 1 aliphatic heterocycles. The van der Waals surface area contributed by atoms with Crippen LogP contribution in [0.3, 0.4) is 0 Å². The summed E-state index contributed by atoms with van der Waals surface area (Å²) in [7, 11) is 0. The highest BCUT2D eigenvalue weighted by Gasteiger charge is 2.18. The van der Waals surface area contributed by atoms with Gasteiger partial charge >= 0.3 is 0 Å². The van der Waals surface area contributed by atoms with E-state index >= 15 is 0 Å². The predicted molar refractivity (Wildman–Crippen MR) is 69.4 cm³/mol. The van der Waals surface area contributed by atoms with Gasteiger partial charge in [0.25, 0.3) is 0 Å². The Hall–Kier alpha value is -1.66. The van der Waals surface area contributed by atoms with E-state index in [0.717, 1.165) is 24.9 Å². The van der Waals surface area contributed by atoms with Gasteiger partial charge in [0.2, 0.25) is 0 Å². The molecule has 0 radical (unpaired) electrons. The standard InChI is InChI=1S/C13H18FN3O2/c14-11-5-9(4-10(6-11)13(15)16-19)7-17-3-1-2-12(18)8-17/h4-6,12,18-19H,1-3,7-8H2,(H2,15,16). The number of oxime groups is 1. The zero-order chi connectivity index (χ0) is 13.8. The summed E-state index contributed by atoms with van der Waals surface area (Å²) >= 11 is 0. The lowest BCUT2D eigenvalue weighted by atomic mass is 10.1. The number of hydrogen-bond donors (Lipinski definition) is 3. The van der Waals surface area contributed by atoms with E-state index in [-0.39, 0.29) is 11.9 Å². The van der Waals surface area contributed by atoms with Crippen molar-refractivity contribution in [2.45, 2.75) is 25.5 Å². The number of amidine groups is 1. The molecule has 0 bridgehead atoms. The molecular formula is C13H18FN3O2. The van der Waals surface area contributed by atoms with Gasteiger partial charge in [0, 0.05) is 18.7 Å². The quantitative estimate of drug-likeness (QED) is 0.328. The third-order valence-electron chi connectivity index (χ3n) is 3.25. The van der Waals surface area contributed by atoms with Crippen LogP contribution in [-0.4, -0.2) is 40.2 Å². The van der Waals surface area contributed by atoms with Gasteiger partial charge in [-0.05, 0) is 43.1 Å². The van der Waals surface area contributed by atoms with Crippen LogP contribution in [0.25, 0.3) is 0 Å². The molecule has 1 saturated heterocycles. The zero-order valence-corrected chi connectivity index (χ0v) is 10.6. The highest BCUT2D eigenvalue weighted by atomic mass is 19.1. The van der Waals surface area contributed by atoms with Crippen LogP contribution in [-0.2, 0) is 6.54 Å². The van der Waals surface area contributed by atoms with Gasteiger partial charge in [-0.2, -0.15) is 0 Å². The number of nitrogens with two attached hydrogens (primary N) is 1. The van der Waals surface area contributed by atoms with Gasteiger partial charge < -0.3 is 16.0 Å². The van der Waals surface area contributed by atoms with E-state index in [0.29, 0.717) is 18.7 Å². The maximum Gasteiger partial charge on any atom is 0.170 e. The Labute approximate surface area is 111 Å². The van der Waals surface area contributed by atoms with Crippen LogP contribution in [0.2, 0.25) is 0 Å². The fourth-order valence-corrected chi connectivity index (χ4v) is 2.38. The highest BCUT2D eigenvalue weighted by Crippen LogP contribution is 2.16. The molecule has 19 heavy (non-hydrogen) atoms. The summed E-state index contributed by atoms with van der Waals surface area (Å²) in [4.78, 5) is 2.07. The molecule has 6 heteroatoms. The summed E-state index contributed by atoms with van der Waals surface area (Å²) in [5, 5.41) is 21.1. The van der Waals surface area contributed by atoms with Crippen LogP contribution in [0, 0.1) is 5.82 Å². The van der Waals surface area contributed by atoms with Crippen molar-refractivity contribution in [2.75, 3.05) is 13.1 Å². The van der Waals surface area contributed by atoms with E-state index in [9.17, 15) is 9.50 Å². The lowest BCUT2D eigenvalue weighted by molar-refractivity contribution is 0.0668. The molecule has 0 saturated carbocycles. The number of aliphatic hydroxyl groups excluding tert-OH is 1. The van der Waals surface area contributed by atoms with Crippen LogP contribution >= 0.6 is 0 Å². The Bertz CT molecular complexity index is 479. The Morgan fingerprint density at radius 3 is 2.95 bits per heavy atom. The molecule has 0 aromatic heterocycles. The average molecular weight is 267 g/mol. The summed E-state index contributed by atoms with van der Waals surface area (Å²) in [6.45, 7) is 2.02. The normalized spacial score (nSPS) is 21.6. The van der Waals surface area contributed by atoms with Crippen LogP contribution in [0.4, 0.5) is 4.39 Å². The number of nitrogens with zero attached hydrogens (tertiary/aromatic N) is 2. The lowest BCUT2D eigenvalue weighted by Gasteiger charge is -2.30. The molecule has 1 atom stereocenters. The number of aliphatic hydroxyl groups is 1. The zero-order valence-electron chi connectivity index (χ0n) is 10.6. The highest BCUT2D eigenvalue weighted by molar-refractivity contribution is 5.97. The number of β-amino-alcohol motifs (C(OH)–C–C–N with tert-alkyl or cyclic N) is 1. The van der Waals surface area contributed by atoms with Crippen LogP contribution in [0.1, 0.15) is 24.0 Å². The third kappa shape index (κ3) is 3.65. The maximum atomic E-state index is 13.5. The van der Waals surface area contributed by atoms with E-state index in [1.54, 1.807) is 6.07 Å². The summed E-state index contributed by atoms with van der Waals surface area (Å²) in [6, 6.07) is 4.35. The second kappa shape index (κ2) is 5.99. The van der Waals surface area contributed by atoms with Gasteiger partial charge in [0.1, 0.15) is 5.82 Å². The Balaban J connectivity index is 2.13. The summed E-state index contributed by atoms with van der Waals surface area (Å²) in [6.07, 6.45) is 1.43. The minimum Gasteiger partial charge on any atom is -0.409 e. The van der Waals surface area contributed by atoms with Crippen molar-refractivity contribution < 1.29 is 14.7 Å². The SMILES string of the molecule is N/C(=N/O)c1cc(F)cc(CN2CCCC(O)C2)c1. The fourth-order valence-electron chi connectivity index (χ4n) is 2.38. The monoisotopic (exact) mass is 267 g/mol. The molecule has 2 rings (SSSR count). The first kappa shape index (κ1) is 13.8. The number of rotatable bonds is 3. The van der Waals surface area contributed by atoms with Crippen molar-refractivity contribution in [1.82, 2.24) is 4.90 Å². The van der Waals surface area contributed by atoms with Gasteiger partial charge in [-0.1, -0.05) is 5.16 Å². The Morgan fingerprint density at radius 2 is 2.26 bits per heavy atom. The van der Waals surface area contributed by atoms with Crippen molar-refractivity contribution in [1.29, 1.82) is 0 Å². The van der Waals surface area contributed by atoms with E-state index in [4.69, 9.17) is 10.9 Å². The molecule has 1 unspecified atom stereocenters. The van der Waals surface area contributed by atoms with Gasteiger partial charge in [-0.25, -0.2) is 4.39 Å². The van der Waals surface area contributed by atoms with Crippen molar-refractivity contribution >= 4 is 5.84 Å². The number of hydrogen-bond acceptors (Lipinski definition) is 4. The minimum atomic E-state index is -0.420. The first-order chi connectivity index (χ1) is 9.08. The van der Waals surface area contributed by atoms with Crippen molar-refractivity contribution in [2.24, 2.45) is 10.9 Å². The molecule has 104 valence electrons. The predicted octanol–water partition coefficient (Wildman–Crippen LogP) is 0.877. The molecule has 5 nitrogen and oxygen atoms in total. The van der Waals surface area contributed by atoms with Gasteiger partial charge in [-0.15, -0.1) is 0 Å². The second-order valence-electron chi connectivity index (χ2n) is 4.86. The fraction of sp³-hybridized carbons (Fsp3) is 0.462. The molecule has 1 aromatic carbocycles. The molecule has 0 amide bonds. The number of likely N-dealkylation sites (tertiary alicyclic amines) is 1. The van der Waals surface area contributed by atoms with E-state index in [2.05, 4.69) is 10.1 Å². The van der Waals surface area contributed by atoms with Gasteiger partial charge in [0.05, 0.1) is 6.10 Å². The average Bonchev–Trinajstić information content (AvgIpc) is 2.37. The molecule has 1 aliphatic rings. The molecule has 0 spiro atoms. The van der Waals surface area contributed by atoms with Gasteiger partial charge in [0.15, 0.2) is 5.84 Å². The van der Waals surface area contributed by atoms with E-state index in [1.807, 2.05) is 0 Å². The van der Waals surface area contributed by atoms with Crippen LogP contribution < -0.4 is 5.73 Å². The smallest absolute Gasteiger partial charge is 0.170 e. The van der Waals surface area contributed by atoms with E-state index < -0.39 is 5.82 Å². The van der Waals surface area contributed by atoms with Crippen molar-refractivity contribution in [3.8, 4) is 0 Å². The van der Waals surface area contributed by atoms with Crippen LogP contribution in [0.5, 0.6) is 0 Å². The minimum absolute atomic E-state index is 0.112. The summed E-state index contributed by atoms with van der Waals surface area (Å²) in [5.74, 6) is -0.531. The van der Waals surface area contributed by atoms with Crippen molar-refractivity contribution in [3.05, 3.63) is 35.1 Å². The number of piperidine rings is 1. The second-order valence-corrected chi connectivity index (χ2v) is 4.86. The van der Waals surface area contributed by atoms with Crippen molar-refractivity contribution in [3.63, 3.8) is 0 Å². The van der Waals surface area contributed by atoms with Crippen LogP contribution in [0.15, 0.2) is 23.4 Å². The molecule has 1 aromatic rings. The Kier molecular flexibility index (Phi) is 4.34. The summed E-state index contributed by atoms with van der Waals surface area (Å²) < 4.78 is 13.5. The topological polar surface area (TPSA) is 82.1 Å². The maximum absolute atomic E-state index is 13.5. The number of halogens is 1. The van der Waals surface area contributed by atoms with Gasteiger partial charge in [-0.3, -0.25) is 4.90 Å². The van der Waals surface area contributed by atoms with E-state index in [1.165, 1.54) is 12.1 Å². The molecule has 0 aliphatic carbocycles. The lowest BCUT2D eigenvalue weighted by Crippen LogP contribution is -2.37.